The molecule has 314 valence electrons. The van der Waals surface area contributed by atoms with E-state index in [0.29, 0.717) is 60.5 Å². The first-order valence-corrected chi connectivity index (χ1v) is 22.1. The number of sulfonamides is 1. The van der Waals surface area contributed by atoms with E-state index in [9.17, 15) is 15.0 Å². The molecule has 3 aliphatic rings. The van der Waals surface area contributed by atoms with Gasteiger partial charge in [-0.25, -0.2) is 13.2 Å². The zero-order chi connectivity index (χ0) is 41.3. The fourth-order valence-corrected chi connectivity index (χ4v) is 11.1. The summed E-state index contributed by atoms with van der Waals surface area (Å²) in [6, 6.07) is 13.2. The molecule has 2 aliphatic carbocycles. The smallest absolute Gasteiger partial charge is 0.412 e. The average Bonchev–Trinajstić information content (AvgIpc) is 3.22. The van der Waals surface area contributed by atoms with E-state index in [0.717, 1.165) is 36.8 Å². The molecule has 2 aromatic carbocycles. The van der Waals surface area contributed by atoms with Crippen molar-refractivity contribution in [1.82, 2.24) is 14.6 Å². The third kappa shape index (κ3) is 8.67. The summed E-state index contributed by atoms with van der Waals surface area (Å²) < 4.78 is 52.2. The van der Waals surface area contributed by atoms with Crippen LogP contribution >= 0.6 is 0 Å². The highest BCUT2D eigenvalue weighted by atomic mass is 32.2. The number of benzene rings is 2. The Morgan fingerprint density at radius 2 is 1.86 bits per heavy atom. The second kappa shape index (κ2) is 19.6. The van der Waals surface area contributed by atoms with Gasteiger partial charge in [-0.15, -0.1) is 6.58 Å². The number of carbonyl (C=O) groups is 1. The van der Waals surface area contributed by atoms with Crippen molar-refractivity contribution in [3.05, 3.63) is 84.6 Å². The normalized spacial score (nSPS) is 24.4. The predicted octanol–water partition coefficient (Wildman–Crippen LogP) is 7.10. The fraction of sp³-hybridized carbons (Fsp3) is 0.523. The van der Waals surface area contributed by atoms with Gasteiger partial charge in [0, 0.05) is 55.8 Å². The van der Waals surface area contributed by atoms with Gasteiger partial charge in [0.2, 0.25) is 15.8 Å². The summed E-state index contributed by atoms with van der Waals surface area (Å²) in [5.74, 6) is -1.74. The van der Waals surface area contributed by atoms with Gasteiger partial charge in [0.1, 0.15) is 23.0 Å². The summed E-state index contributed by atoms with van der Waals surface area (Å²) in [4.78, 5) is 23.1. The molecule has 1 aromatic heterocycles. The standard InChI is InChI=1S/C44H58N4O9S/c1-5-23-48(58(52,53)38-19-13-16-30-17-14-22-46-42(30)38)39-29-36(47-55-8-4)34-27-31(15-9-11-24-49)33(18-10-12-25-50)40-35-28-32(56-43(51)45-7-3)20-21-37(35)57-44(39,41(34)40)54-26-6-2/h6,13-14,16-17,19-22,27-28,31,33,39-41,49-50H,2,5,7-12,15,18,23-26,29H2,1,3-4H3,(H,45,51)/t31-,33+,39-,40+,41+,44+/m0/s1. The van der Waals surface area contributed by atoms with E-state index in [4.69, 9.17) is 24.2 Å². The SMILES string of the molecule is C=CCO[C@@]12Oc3ccc(OC(=O)NCC)cc3[C@H]3[C@H](CCCCO)[C@@H](CCCCO)C=C(C(=NOCC)C[C@@H]1N(CCC)S(=O)(=O)c1cccc4cccnc14)[C@H]32. The van der Waals surface area contributed by atoms with Crippen LogP contribution in [0.1, 0.15) is 83.6 Å². The third-order valence-corrected chi connectivity index (χ3v) is 13.4. The molecule has 0 radical (unpaired) electrons. The van der Waals surface area contributed by atoms with Crippen LogP contribution < -0.4 is 14.8 Å². The topological polar surface area (TPSA) is 169 Å². The van der Waals surface area contributed by atoms with Crippen LogP contribution in [-0.4, -0.2) is 91.1 Å². The first-order valence-electron chi connectivity index (χ1n) is 20.7. The molecule has 1 saturated carbocycles. The molecular weight excluding hydrogens is 761 g/mol. The van der Waals surface area contributed by atoms with Crippen molar-refractivity contribution >= 4 is 32.7 Å². The lowest BCUT2D eigenvalue weighted by Crippen LogP contribution is -2.70. The average molecular weight is 819 g/mol. The summed E-state index contributed by atoms with van der Waals surface area (Å²) in [6.07, 6.45) is 9.79. The van der Waals surface area contributed by atoms with Crippen LogP contribution in [0.4, 0.5) is 4.79 Å². The predicted molar refractivity (Wildman–Crippen MR) is 222 cm³/mol. The second-order valence-corrected chi connectivity index (χ2v) is 16.9. The van der Waals surface area contributed by atoms with E-state index in [2.05, 4.69) is 23.0 Å². The molecule has 6 atom stereocenters. The van der Waals surface area contributed by atoms with Gasteiger partial charge in [-0.2, -0.15) is 4.31 Å². The number of amides is 1. The van der Waals surface area contributed by atoms with Crippen LogP contribution in [0.25, 0.3) is 10.9 Å². The largest absolute Gasteiger partial charge is 0.460 e. The van der Waals surface area contributed by atoms with Gasteiger partial charge < -0.3 is 34.6 Å². The molecule has 1 amide bonds. The number of nitrogens with zero attached hydrogens (tertiary/aromatic N) is 3. The number of para-hydroxylation sites is 1. The fourth-order valence-electron chi connectivity index (χ4n) is 9.19. The first kappa shape index (κ1) is 43.2. The number of rotatable bonds is 20. The molecule has 3 N–H and O–H groups in total. The summed E-state index contributed by atoms with van der Waals surface area (Å²) in [6.45, 7) is 10.6. The second-order valence-electron chi connectivity index (χ2n) is 15.1. The number of oxime groups is 1. The number of fused-ring (bicyclic) bond motifs is 3. The minimum atomic E-state index is -4.28. The van der Waals surface area contributed by atoms with Crippen LogP contribution in [0.3, 0.4) is 0 Å². The van der Waals surface area contributed by atoms with Crippen molar-refractivity contribution in [2.45, 2.75) is 94.8 Å². The van der Waals surface area contributed by atoms with Crippen molar-refractivity contribution in [2.75, 3.05) is 39.5 Å². The Kier molecular flexibility index (Phi) is 14.6. The van der Waals surface area contributed by atoms with Crippen LogP contribution in [0.5, 0.6) is 11.5 Å². The summed E-state index contributed by atoms with van der Waals surface area (Å²) >= 11 is 0. The van der Waals surface area contributed by atoms with Crippen molar-refractivity contribution < 1.29 is 42.5 Å². The number of carbonyl (C=O) groups excluding carboxylic acids is 1. The first-order chi connectivity index (χ1) is 28.2. The molecule has 0 unspecified atom stereocenters. The number of unbranched alkanes of at least 4 members (excludes halogenated alkanes) is 2. The number of allylic oxidation sites excluding steroid dienone is 1. The lowest BCUT2D eigenvalue weighted by atomic mass is 9.55. The number of hydrogen-bond donors (Lipinski definition) is 3. The highest BCUT2D eigenvalue weighted by Gasteiger charge is 2.66. The Balaban J connectivity index is 1.64. The van der Waals surface area contributed by atoms with E-state index in [1.807, 2.05) is 39.0 Å². The Morgan fingerprint density at radius 1 is 1.09 bits per heavy atom. The summed E-state index contributed by atoms with van der Waals surface area (Å²) in [7, 11) is -4.28. The number of hydrogen-bond acceptors (Lipinski definition) is 11. The highest BCUT2D eigenvalue weighted by molar-refractivity contribution is 7.89. The maximum atomic E-state index is 15.3. The zero-order valence-electron chi connectivity index (χ0n) is 33.8. The Labute approximate surface area is 342 Å². The van der Waals surface area contributed by atoms with E-state index < -0.39 is 33.9 Å². The molecule has 0 saturated heterocycles. The number of nitrogens with one attached hydrogen (secondary N) is 1. The molecule has 58 heavy (non-hydrogen) atoms. The minimum absolute atomic E-state index is 0.0122. The lowest BCUT2D eigenvalue weighted by Gasteiger charge is -2.59. The molecular formula is C44H58N4O9S. The lowest BCUT2D eigenvalue weighted by molar-refractivity contribution is -0.251. The minimum Gasteiger partial charge on any atom is -0.460 e. The number of ether oxygens (including phenoxy) is 3. The monoisotopic (exact) mass is 818 g/mol. The van der Waals surface area contributed by atoms with Crippen LogP contribution in [0.2, 0.25) is 0 Å². The third-order valence-electron chi connectivity index (χ3n) is 11.5. The summed E-state index contributed by atoms with van der Waals surface area (Å²) in [5.41, 5.74) is 2.63. The number of pyridine rings is 1. The van der Waals surface area contributed by atoms with E-state index in [-0.39, 0.29) is 55.4 Å². The molecule has 0 spiro atoms. The quantitative estimate of drug-likeness (QED) is 0.0608. The van der Waals surface area contributed by atoms with Gasteiger partial charge in [-0.05, 0) is 93.7 Å². The Bertz CT molecular complexity index is 2070. The zero-order valence-corrected chi connectivity index (χ0v) is 34.7. The van der Waals surface area contributed by atoms with Crippen LogP contribution in [0, 0.1) is 17.8 Å². The highest BCUT2D eigenvalue weighted by Crippen LogP contribution is 2.62. The van der Waals surface area contributed by atoms with Gasteiger partial charge >= 0.3 is 6.09 Å². The maximum absolute atomic E-state index is 15.3. The number of aliphatic hydroxyl groups is 2. The molecule has 1 fully saturated rings. The summed E-state index contributed by atoms with van der Waals surface area (Å²) in [5, 5.41) is 27.8. The van der Waals surface area contributed by atoms with Gasteiger partial charge in [0.15, 0.2) is 0 Å². The molecule has 0 bridgehead atoms. The van der Waals surface area contributed by atoms with Crippen molar-refractivity contribution in [3.63, 3.8) is 0 Å². The Hall–Kier alpha value is -4.34. The molecule has 3 aromatic rings. The number of aromatic nitrogens is 1. The van der Waals surface area contributed by atoms with Crippen LogP contribution in [-0.2, 0) is 19.6 Å². The molecule has 14 heteroatoms. The molecule has 2 heterocycles. The van der Waals surface area contributed by atoms with Crippen LogP contribution in [0.15, 0.2) is 89.1 Å². The molecule has 13 nitrogen and oxygen atoms in total. The number of aliphatic hydroxyl groups excluding tert-OH is 2. The van der Waals surface area contributed by atoms with E-state index in [1.54, 1.807) is 42.6 Å². The molecule has 1 aliphatic heterocycles. The Morgan fingerprint density at radius 3 is 2.59 bits per heavy atom. The van der Waals surface area contributed by atoms with Crippen molar-refractivity contribution in [2.24, 2.45) is 22.9 Å². The maximum Gasteiger partial charge on any atom is 0.412 e. The van der Waals surface area contributed by atoms with E-state index >= 15 is 8.42 Å². The van der Waals surface area contributed by atoms with Gasteiger partial charge in [0.25, 0.3) is 0 Å². The van der Waals surface area contributed by atoms with Gasteiger partial charge in [-0.1, -0.05) is 55.3 Å². The molecule has 6 rings (SSSR count). The van der Waals surface area contributed by atoms with Crippen molar-refractivity contribution in [3.8, 4) is 11.5 Å². The van der Waals surface area contributed by atoms with Crippen molar-refractivity contribution in [1.29, 1.82) is 0 Å². The van der Waals surface area contributed by atoms with E-state index in [1.165, 1.54) is 4.31 Å². The van der Waals surface area contributed by atoms with Gasteiger partial charge in [0.05, 0.1) is 29.8 Å². The van der Waals surface area contributed by atoms with Gasteiger partial charge in [-0.3, -0.25) is 4.98 Å².